The number of alkyl halides is 6. The molecular weight excluding hydrogens is 256 g/mol. The molecule has 4 nitrogen and oxygen atoms in total. The van der Waals surface area contributed by atoms with Crippen molar-refractivity contribution in [3.8, 4) is 5.88 Å². The first-order valence-electron chi connectivity index (χ1n) is 3.98. The number of rotatable bonds is 2. The summed E-state index contributed by atoms with van der Waals surface area (Å²) in [7, 11) is 0. The van der Waals surface area contributed by atoms with E-state index in [1.54, 1.807) is 0 Å². The Hall–Kier alpha value is -1.74. The number of nitrogens with zero attached hydrogens (tertiary/aromatic N) is 2. The van der Waals surface area contributed by atoms with E-state index in [-0.39, 0.29) is 5.82 Å². The van der Waals surface area contributed by atoms with Gasteiger partial charge in [0.1, 0.15) is 5.82 Å². The molecule has 0 saturated heterocycles. The van der Waals surface area contributed by atoms with Crippen molar-refractivity contribution in [3.05, 3.63) is 12.4 Å². The Labute approximate surface area is 90.4 Å². The van der Waals surface area contributed by atoms with E-state index in [4.69, 9.17) is 5.73 Å². The van der Waals surface area contributed by atoms with Crippen LogP contribution < -0.4 is 10.5 Å². The van der Waals surface area contributed by atoms with Crippen molar-refractivity contribution in [3.63, 3.8) is 0 Å². The highest BCUT2D eigenvalue weighted by Gasteiger charge is 2.59. The molecule has 0 spiro atoms. The molecule has 1 heterocycles. The van der Waals surface area contributed by atoms with Crippen molar-refractivity contribution in [2.75, 3.05) is 5.73 Å². The zero-order chi connectivity index (χ0) is 13.3. The molecule has 0 saturated carbocycles. The molecule has 0 radical (unpaired) electrons. The van der Waals surface area contributed by atoms with Crippen LogP contribution in [0.25, 0.3) is 0 Å². The van der Waals surface area contributed by atoms with Gasteiger partial charge in [0.25, 0.3) is 6.10 Å². The number of halogens is 6. The van der Waals surface area contributed by atoms with E-state index in [0.717, 1.165) is 6.20 Å². The second-order valence-corrected chi connectivity index (χ2v) is 2.86. The minimum atomic E-state index is -5.60. The van der Waals surface area contributed by atoms with E-state index in [0.29, 0.717) is 6.20 Å². The van der Waals surface area contributed by atoms with Crippen LogP contribution in [0.5, 0.6) is 5.88 Å². The first-order chi connectivity index (χ1) is 7.60. The molecule has 0 unspecified atom stereocenters. The van der Waals surface area contributed by atoms with E-state index in [1.165, 1.54) is 0 Å². The number of nitrogen functional groups attached to an aromatic ring is 1. The molecule has 10 heteroatoms. The molecule has 0 atom stereocenters. The summed E-state index contributed by atoms with van der Waals surface area (Å²) in [6.07, 6.45) is -13.8. The molecule has 0 bridgehead atoms. The molecule has 17 heavy (non-hydrogen) atoms. The lowest BCUT2D eigenvalue weighted by atomic mass is 10.3. The second kappa shape index (κ2) is 4.26. The van der Waals surface area contributed by atoms with Crippen LogP contribution >= 0.6 is 0 Å². The Morgan fingerprint density at radius 3 is 1.88 bits per heavy atom. The van der Waals surface area contributed by atoms with Crippen molar-refractivity contribution < 1.29 is 31.1 Å². The fourth-order valence-corrected chi connectivity index (χ4v) is 0.827. The van der Waals surface area contributed by atoms with Crippen LogP contribution in [0.4, 0.5) is 32.2 Å². The number of hydrogen-bond donors (Lipinski definition) is 1. The van der Waals surface area contributed by atoms with Crippen molar-refractivity contribution in [1.82, 2.24) is 9.97 Å². The predicted molar refractivity (Wildman–Crippen MR) is 43.0 cm³/mol. The Morgan fingerprint density at radius 1 is 1.00 bits per heavy atom. The van der Waals surface area contributed by atoms with Crippen LogP contribution in [0.1, 0.15) is 0 Å². The highest BCUT2D eigenvalue weighted by atomic mass is 19.4. The fourth-order valence-electron chi connectivity index (χ4n) is 0.827. The van der Waals surface area contributed by atoms with Crippen LogP contribution in [0.2, 0.25) is 0 Å². The maximum atomic E-state index is 12.1. The summed E-state index contributed by atoms with van der Waals surface area (Å²) < 4.78 is 76.1. The third kappa shape index (κ3) is 3.64. The van der Waals surface area contributed by atoms with Gasteiger partial charge < -0.3 is 10.5 Å². The van der Waals surface area contributed by atoms with Gasteiger partial charge in [-0.2, -0.15) is 26.3 Å². The van der Waals surface area contributed by atoms with Crippen LogP contribution in [0.3, 0.4) is 0 Å². The van der Waals surface area contributed by atoms with Gasteiger partial charge in [-0.1, -0.05) is 0 Å². The van der Waals surface area contributed by atoms with Gasteiger partial charge in [-0.25, -0.2) is 9.97 Å². The van der Waals surface area contributed by atoms with Gasteiger partial charge in [-0.05, 0) is 0 Å². The highest BCUT2D eigenvalue weighted by Crippen LogP contribution is 2.35. The summed E-state index contributed by atoms with van der Waals surface area (Å²) in [6.45, 7) is 0. The Bertz CT molecular complexity index is 359. The average Bonchev–Trinajstić information content (AvgIpc) is 2.13. The van der Waals surface area contributed by atoms with E-state index < -0.39 is 24.3 Å². The Morgan fingerprint density at radius 2 is 1.53 bits per heavy atom. The third-order valence-corrected chi connectivity index (χ3v) is 1.48. The maximum absolute atomic E-state index is 12.1. The van der Waals surface area contributed by atoms with E-state index in [1.807, 2.05) is 0 Å². The number of hydrogen-bond acceptors (Lipinski definition) is 4. The molecule has 96 valence electrons. The number of ether oxygens (including phenoxy) is 1. The van der Waals surface area contributed by atoms with Crippen LogP contribution in [0, 0.1) is 0 Å². The van der Waals surface area contributed by atoms with Gasteiger partial charge in [0.05, 0.1) is 12.4 Å². The van der Waals surface area contributed by atoms with Crippen LogP contribution in [-0.2, 0) is 0 Å². The zero-order valence-corrected chi connectivity index (χ0v) is 7.88. The molecule has 0 aliphatic carbocycles. The number of anilines is 1. The van der Waals surface area contributed by atoms with Crippen molar-refractivity contribution in [2.45, 2.75) is 18.5 Å². The van der Waals surface area contributed by atoms with Crippen LogP contribution in [-0.4, -0.2) is 28.4 Å². The quantitative estimate of drug-likeness (QED) is 0.826. The summed E-state index contributed by atoms with van der Waals surface area (Å²) in [4.78, 5) is 6.39. The summed E-state index contributed by atoms with van der Waals surface area (Å²) in [5.74, 6) is -1.08. The predicted octanol–water partition coefficient (Wildman–Crippen LogP) is 1.93. The molecular formula is C7H5F6N3O. The molecule has 0 aliphatic heterocycles. The van der Waals surface area contributed by atoms with E-state index in [9.17, 15) is 26.3 Å². The lowest BCUT2D eigenvalue weighted by Gasteiger charge is -2.22. The van der Waals surface area contributed by atoms with Crippen molar-refractivity contribution in [2.24, 2.45) is 0 Å². The van der Waals surface area contributed by atoms with Crippen molar-refractivity contribution >= 4 is 5.82 Å². The van der Waals surface area contributed by atoms with Gasteiger partial charge in [-0.15, -0.1) is 0 Å². The smallest absolute Gasteiger partial charge is 0.434 e. The standard InChI is InChI=1S/C7H5F6N3O/c8-6(9,10)5(7(11,12)13)17-4-2-15-3(14)1-16-4/h1-2,5H,(H2,14,15). The normalized spacial score (nSPS) is 12.9. The first kappa shape index (κ1) is 13.3. The molecule has 0 amide bonds. The second-order valence-electron chi connectivity index (χ2n) is 2.86. The monoisotopic (exact) mass is 261 g/mol. The molecule has 0 fully saturated rings. The van der Waals surface area contributed by atoms with Gasteiger partial charge in [0, 0.05) is 0 Å². The number of nitrogens with two attached hydrogens (primary N) is 1. The molecule has 1 rings (SSSR count). The van der Waals surface area contributed by atoms with Crippen LogP contribution in [0.15, 0.2) is 12.4 Å². The minimum Gasteiger partial charge on any atom is -0.454 e. The van der Waals surface area contributed by atoms with Gasteiger partial charge >= 0.3 is 12.4 Å². The summed E-state index contributed by atoms with van der Waals surface area (Å²) in [5.41, 5.74) is 5.06. The van der Waals surface area contributed by atoms with Gasteiger partial charge in [0.15, 0.2) is 0 Å². The maximum Gasteiger partial charge on any atom is 0.434 e. The van der Waals surface area contributed by atoms with E-state index in [2.05, 4.69) is 14.7 Å². The lowest BCUT2D eigenvalue weighted by Crippen LogP contribution is -2.46. The molecule has 2 N–H and O–H groups in total. The third-order valence-electron chi connectivity index (χ3n) is 1.48. The summed E-state index contributed by atoms with van der Waals surface area (Å²) in [5, 5.41) is 0. The van der Waals surface area contributed by atoms with Crippen molar-refractivity contribution in [1.29, 1.82) is 0 Å². The Kier molecular flexibility index (Phi) is 3.34. The Balaban J connectivity index is 2.92. The highest BCUT2D eigenvalue weighted by molar-refractivity contribution is 5.24. The fraction of sp³-hybridized carbons (Fsp3) is 0.429. The molecule has 1 aromatic rings. The largest absolute Gasteiger partial charge is 0.454 e. The van der Waals surface area contributed by atoms with Gasteiger partial charge in [-0.3, -0.25) is 0 Å². The number of aromatic nitrogens is 2. The summed E-state index contributed by atoms with van der Waals surface area (Å²) in [6, 6.07) is 0. The average molecular weight is 261 g/mol. The first-order valence-corrected chi connectivity index (χ1v) is 3.98. The molecule has 1 aromatic heterocycles. The van der Waals surface area contributed by atoms with Gasteiger partial charge in [0.2, 0.25) is 5.88 Å². The zero-order valence-electron chi connectivity index (χ0n) is 7.88. The minimum absolute atomic E-state index is 0.159. The topological polar surface area (TPSA) is 61.0 Å². The SMILES string of the molecule is Nc1cnc(OC(C(F)(F)F)C(F)(F)F)cn1. The van der Waals surface area contributed by atoms with E-state index >= 15 is 0 Å². The molecule has 0 aromatic carbocycles. The molecule has 0 aliphatic rings. The summed E-state index contributed by atoms with van der Waals surface area (Å²) >= 11 is 0. The lowest BCUT2D eigenvalue weighted by molar-refractivity contribution is -0.300.